The van der Waals surface area contributed by atoms with Gasteiger partial charge in [-0.2, -0.15) is 0 Å². The Morgan fingerprint density at radius 3 is 2.45 bits per heavy atom. The van der Waals surface area contributed by atoms with E-state index in [0.717, 1.165) is 13.0 Å². The van der Waals surface area contributed by atoms with E-state index in [4.69, 9.17) is 0 Å². The molecule has 2 saturated carbocycles. The summed E-state index contributed by atoms with van der Waals surface area (Å²) in [5, 5.41) is 6.62. The van der Waals surface area contributed by atoms with Crippen LogP contribution in [0.4, 0.5) is 0 Å². The monoisotopic (exact) mass is 280 g/mol. The Morgan fingerprint density at radius 2 is 1.85 bits per heavy atom. The second-order valence-corrected chi connectivity index (χ2v) is 7.06. The summed E-state index contributed by atoms with van der Waals surface area (Å²) in [6.07, 6.45) is 12.9. The van der Waals surface area contributed by atoms with Crippen LogP contribution in [0.5, 0.6) is 0 Å². The Bertz CT molecular complexity index is 300. The third kappa shape index (κ3) is 4.47. The fraction of sp³-hybridized carbons (Fsp3) is 0.941. The molecule has 1 spiro atoms. The highest BCUT2D eigenvalue weighted by molar-refractivity contribution is 5.76. The van der Waals surface area contributed by atoms with Crippen LogP contribution in [0.15, 0.2) is 0 Å². The van der Waals surface area contributed by atoms with Crippen molar-refractivity contribution in [2.75, 3.05) is 6.54 Å². The minimum atomic E-state index is 0.190. The maximum absolute atomic E-state index is 11.7. The fourth-order valence-electron chi connectivity index (χ4n) is 3.90. The zero-order chi connectivity index (χ0) is 14.4. The van der Waals surface area contributed by atoms with Gasteiger partial charge in [0.2, 0.25) is 5.91 Å². The van der Waals surface area contributed by atoms with E-state index in [1.54, 1.807) is 0 Å². The highest BCUT2D eigenvalue weighted by atomic mass is 16.1. The predicted molar refractivity (Wildman–Crippen MR) is 83.7 cm³/mol. The van der Waals surface area contributed by atoms with E-state index in [0.29, 0.717) is 23.9 Å². The van der Waals surface area contributed by atoms with Crippen LogP contribution in [0.2, 0.25) is 0 Å². The molecule has 116 valence electrons. The number of carbonyl (C=O) groups excluding carboxylic acids is 1. The van der Waals surface area contributed by atoms with Crippen LogP contribution in [-0.2, 0) is 4.79 Å². The minimum Gasteiger partial charge on any atom is -0.354 e. The Kier molecular flexibility index (Phi) is 5.88. The zero-order valence-corrected chi connectivity index (χ0v) is 13.3. The van der Waals surface area contributed by atoms with Crippen LogP contribution in [-0.4, -0.2) is 24.5 Å². The molecular formula is C17H32N2O. The molecule has 1 atom stereocenters. The second kappa shape index (κ2) is 7.44. The lowest BCUT2D eigenvalue weighted by molar-refractivity contribution is -0.121. The summed E-state index contributed by atoms with van der Waals surface area (Å²) in [4.78, 5) is 11.7. The summed E-state index contributed by atoms with van der Waals surface area (Å²) in [5.74, 6) is 0.190. The van der Waals surface area contributed by atoms with Gasteiger partial charge < -0.3 is 10.6 Å². The molecule has 0 saturated heterocycles. The van der Waals surface area contributed by atoms with Gasteiger partial charge in [0.05, 0.1) is 0 Å². The van der Waals surface area contributed by atoms with Crippen molar-refractivity contribution in [3.8, 4) is 0 Å². The third-order valence-electron chi connectivity index (χ3n) is 5.52. The summed E-state index contributed by atoms with van der Waals surface area (Å²) >= 11 is 0. The highest BCUT2D eigenvalue weighted by Gasteiger charge is 2.37. The summed E-state index contributed by atoms with van der Waals surface area (Å²) in [6.45, 7) is 5.00. The molecule has 2 rings (SSSR count). The fourth-order valence-corrected chi connectivity index (χ4v) is 3.90. The van der Waals surface area contributed by atoms with Gasteiger partial charge in [-0.1, -0.05) is 19.8 Å². The lowest BCUT2D eigenvalue weighted by Gasteiger charge is -2.37. The van der Waals surface area contributed by atoms with Crippen LogP contribution in [0.1, 0.15) is 78.1 Å². The molecule has 0 aromatic heterocycles. The second-order valence-electron chi connectivity index (χ2n) is 7.06. The van der Waals surface area contributed by atoms with Crippen molar-refractivity contribution in [1.29, 1.82) is 0 Å². The van der Waals surface area contributed by atoms with E-state index in [1.807, 2.05) is 0 Å². The largest absolute Gasteiger partial charge is 0.354 e. The van der Waals surface area contributed by atoms with Gasteiger partial charge in [0.1, 0.15) is 0 Å². The first-order chi connectivity index (χ1) is 9.63. The molecule has 0 radical (unpaired) electrons. The van der Waals surface area contributed by atoms with E-state index in [9.17, 15) is 4.79 Å². The van der Waals surface area contributed by atoms with Gasteiger partial charge in [0.25, 0.3) is 0 Å². The van der Waals surface area contributed by atoms with Crippen molar-refractivity contribution in [2.24, 2.45) is 5.41 Å². The average molecular weight is 280 g/mol. The van der Waals surface area contributed by atoms with E-state index in [2.05, 4.69) is 24.5 Å². The van der Waals surface area contributed by atoms with Crippen LogP contribution in [0.3, 0.4) is 0 Å². The maximum atomic E-state index is 11.7. The Hall–Kier alpha value is -0.570. The average Bonchev–Trinajstić information content (AvgIpc) is 2.89. The number of amides is 1. The number of carbonyl (C=O) groups is 1. The molecule has 0 bridgehead atoms. The van der Waals surface area contributed by atoms with Crippen LogP contribution >= 0.6 is 0 Å². The van der Waals surface area contributed by atoms with E-state index in [-0.39, 0.29) is 5.91 Å². The molecule has 0 aromatic carbocycles. The van der Waals surface area contributed by atoms with Crippen molar-refractivity contribution in [3.63, 3.8) is 0 Å². The molecule has 1 unspecified atom stereocenters. The third-order valence-corrected chi connectivity index (χ3v) is 5.52. The van der Waals surface area contributed by atoms with Gasteiger partial charge in [-0.3, -0.25) is 4.79 Å². The number of nitrogens with one attached hydrogen (secondary N) is 2. The van der Waals surface area contributed by atoms with Crippen LogP contribution < -0.4 is 10.6 Å². The molecule has 3 heteroatoms. The molecular weight excluding hydrogens is 248 g/mol. The van der Waals surface area contributed by atoms with Crippen molar-refractivity contribution in [2.45, 2.75) is 90.1 Å². The summed E-state index contributed by atoms with van der Waals surface area (Å²) < 4.78 is 0. The number of hydrogen-bond donors (Lipinski definition) is 2. The van der Waals surface area contributed by atoms with Gasteiger partial charge in [-0.25, -0.2) is 0 Å². The molecule has 2 aliphatic carbocycles. The molecule has 1 amide bonds. The van der Waals surface area contributed by atoms with Gasteiger partial charge in [0.15, 0.2) is 0 Å². The standard InChI is InChI=1S/C17H32N2O/c1-3-14(2)19-16(20)8-13-18-15-6-11-17(12-7-15)9-4-5-10-17/h14-15,18H,3-13H2,1-2H3,(H,19,20). The molecule has 2 fully saturated rings. The molecule has 3 nitrogen and oxygen atoms in total. The summed E-state index contributed by atoms with van der Waals surface area (Å²) in [7, 11) is 0. The first-order valence-electron chi connectivity index (χ1n) is 8.66. The maximum Gasteiger partial charge on any atom is 0.221 e. The molecule has 2 N–H and O–H groups in total. The van der Waals surface area contributed by atoms with Gasteiger partial charge in [-0.05, 0) is 57.3 Å². The minimum absolute atomic E-state index is 0.190. The molecule has 0 aromatic rings. The molecule has 0 heterocycles. The quantitative estimate of drug-likeness (QED) is 0.783. The topological polar surface area (TPSA) is 41.1 Å². The lowest BCUT2D eigenvalue weighted by atomic mass is 9.71. The zero-order valence-electron chi connectivity index (χ0n) is 13.3. The van der Waals surface area contributed by atoms with E-state index < -0.39 is 0 Å². The smallest absolute Gasteiger partial charge is 0.221 e. The van der Waals surface area contributed by atoms with Gasteiger partial charge in [-0.15, -0.1) is 0 Å². The molecule has 2 aliphatic rings. The SMILES string of the molecule is CCC(C)NC(=O)CCNC1CCC2(CCCC2)CC1. The Labute approximate surface area is 124 Å². The lowest BCUT2D eigenvalue weighted by Crippen LogP contribution is -2.39. The van der Waals surface area contributed by atoms with Crippen LogP contribution in [0, 0.1) is 5.41 Å². The first-order valence-corrected chi connectivity index (χ1v) is 8.66. The van der Waals surface area contributed by atoms with Crippen molar-refractivity contribution >= 4 is 5.91 Å². The number of hydrogen-bond acceptors (Lipinski definition) is 2. The first kappa shape index (κ1) is 15.8. The molecule has 20 heavy (non-hydrogen) atoms. The normalized spacial score (nSPS) is 23.9. The van der Waals surface area contributed by atoms with E-state index >= 15 is 0 Å². The Morgan fingerprint density at radius 1 is 1.20 bits per heavy atom. The van der Waals surface area contributed by atoms with Crippen molar-refractivity contribution in [3.05, 3.63) is 0 Å². The predicted octanol–water partition coefficient (Wildman–Crippen LogP) is 3.38. The van der Waals surface area contributed by atoms with Gasteiger partial charge >= 0.3 is 0 Å². The van der Waals surface area contributed by atoms with Gasteiger partial charge in [0, 0.05) is 25.0 Å². The number of rotatable bonds is 6. The summed E-state index contributed by atoms with van der Waals surface area (Å²) in [5.41, 5.74) is 0.714. The highest BCUT2D eigenvalue weighted by Crippen LogP contribution is 2.48. The Balaban J connectivity index is 1.58. The van der Waals surface area contributed by atoms with Crippen LogP contribution in [0.25, 0.3) is 0 Å². The summed E-state index contributed by atoms with van der Waals surface area (Å²) in [6, 6.07) is 0.956. The van der Waals surface area contributed by atoms with Crippen molar-refractivity contribution in [1.82, 2.24) is 10.6 Å². The van der Waals surface area contributed by atoms with Crippen molar-refractivity contribution < 1.29 is 4.79 Å². The molecule has 0 aliphatic heterocycles. The van der Waals surface area contributed by atoms with E-state index in [1.165, 1.54) is 51.4 Å².